The van der Waals surface area contributed by atoms with Crippen molar-refractivity contribution in [1.82, 2.24) is 24.2 Å². The summed E-state index contributed by atoms with van der Waals surface area (Å²) in [4.78, 5) is 46.7. The molecule has 1 aliphatic carbocycles. The Morgan fingerprint density at radius 2 is 1.67 bits per heavy atom. The smallest absolute Gasteiger partial charge is 0.415 e. The van der Waals surface area contributed by atoms with Crippen molar-refractivity contribution in [2.45, 2.75) is 110 Å². The van der Waals surface area contributed by atoms with Crippen LogP contribution < -0.4 is 10.6 Å². The molecule has 3 heterocycles. The number of aromatic nitrogens is 4. The fourth-order valence-electron chi connectivity index (χ4n) is 5.83. The zero-order valence-electron chi connectivity index (χ0n) is 28.9. The lowest BCUT2D eigenvalue weighted by atomic mass is 9.96. The molecule has 0 unspecified atom stereocenters. The molecular weight excluding hydrogens is 621 g/mol. The van der Waals surface area contributed by atoms with Gasteiger partial charge in [0.05, 0.1) is 40.6 Å². The molecule has 0 radical (unpaired) electrons. The molecule has 2 aliphatic rings. The maximum atomic E-state index is 15.3. The monoisotopic (exact) mass is 665 g/mol. The van der Waals surface area contributed by atoms with E-state index in [0.717, 1.165) is 17.7 Å². The van der Waals surface area contributed by atoms with Crippen molar-refractivity contribution in [2.24, 2.45) is 5.73 Å². The third-order valence-electron chi connectivity index (χ3n) is 8.10. The van der Waals surface area contributed by atoms with Crippen LogP contribution in [0.2, 0.25) is 0 Å². The Morgan fingerprint density at radius 3 is 2.23 bits per heavy atom. The van der Waals surface area contributed by atoms with Gasteiger partial charge in [-0.25, -0.2) is 23.6 Å². The van der Waals surface area contributed by atoms with Crippen LogP contribution in [0.15, 0.2) is 18.5 Å². The highest BCUT2D eigenvalue weighted by molar-refractivity contribution is 6.03. The lowest BCUT2D eigenvalue weighted by Crippen LogP contribution is -2.49. The van der Waals surface area contributed by atoms with Crippen LogP contribution in [0.1, 0.15) is 108 Å². The van der Waals surface area contributed by atoms with E-state index in [1.54, 1.807) is 61.7 Å². The second-order valence-electron chi connectivity index (χ2n) is 15.0. The average molecular weight is 666 g/mol. The Hall–Kier alpha value is -4.64. The third-order valence-corrected chi connectivity index (χ3v) is 8.10. The summed E-state index contributed by atoms with van der Waals surface area (Å²) < 4.78 is 29.9. The Morgan fingerprint density at radius 1 is 1.02 bits per heavy atom. The summed E-state index contributed by atoms with van der Waals surface area (Å²) in [6, 6.07) is 1.85. The number of aliphatic hydroxyl groups is 1. The molecule has 2 atom stereocenters. The summed E-state index contributed by atoms with van der Waals surface area (Å²) in [6.07, 6.45) is 2.46. The van der Waals surface area contributed by atoms with Gasteiger partial charge in [0.15, 0.2) is 11.5 Å². The molecule has 14 heteroatoms. The number of fused-ring (bicyclic) bond motifs is 1. The number of rotatable bonds is 5. The molecule has 1 saturated carbocycles. The number of carbonyl (C=O) groups excluding carboxylic acids is 3. The summed E-state index contributed by atoms with van der Waals surface area (Å²) in [6.45, 7) is 13.5. The number of hydrogen-bond donors (Lipinski definition) is 2. The van der Waals surface area contributed by atoms with E-state index in [1.807, 2.05) is 4.57 Å². The maximum Gasteiger partial charge on any atom is 0.415 e. The van der Waals surface area contributed by atoms with E-state index in [9.17, 15) is 19.5 Å². The number of anilines is 1. The van der Waals surface area contributed by atoms with E-state index in [-0.39, 0.29) is 35.6 Å². The molecule has 0 bridgehead atoms. The van der Waals surface area contributed by atoms with Crippen molar-refractivity contribution in [2.75, 3.05) is 18.5 Å². The molecule has 0 spiro atoms. The lowest BCUT2D eigenvalue weighted by Gasteiger charge is -2.34. The number of benzene rings is 1. The number of ether oxygens (including phenoxy) is 2. The number of carbonyl (C=O) groups is 3. The van der Waals surface area contributed by atoms with E-state index in [2.05, 4.69) is 21.9 Å². The first-order chi connectivity index (χ1) is 22.1. The molecule has 1 saturated heterocycles. The van der Waals surface area contributed by atoms with Gasteiger partial charge in [0.2, 0.25) is 0 Å². The van der Waals surface area contributed by atoms with Crippen molar-refractivity contribution >= 4 is 34.9 Å². The van der Waals surface area contributed by atoms with E-state index < -0.39 is 52.8 Å². The number of nitrogens with zero attached hydrogens (tertiary/aromatic N) is 6. The lowest BCUT2D eigenvalue weighted by molar-refractivity contribution is -0.0240. The maximum absolute atomic E-state index is 15.3. The molecular formula is C34H44FN7O6. The highest BCUT2D eigenvalue weighted by Gasteiger charge is 2.47. The summed E-state index contributed by atoms with van der Waals surface area (Å²) in [5.74, 6) is 4.05. The quantitative estimate of drug-likeness (QED) is 0.365. The summed E-state index contributed by atoms with van der Waals surface area (Å²) in [7, 11) is 1.41. The molecule has 3 amide bonds. The fraction of sp³-hybridized carbons (Fsp3) is 0.559. The van der Waals surface area contributed by atoms with E-state index in [0.29, 0.717) is 17.1 Å². The highest BCUT2D eigenvalue weighted by atomic mass is 19.1. The van der Waals surface area contributed by atoms with Crippen molar-refractivity contribution < 1.29 is 33.4 Å². The third kappa shape index (κ3) is 7.26. The second kappa shape index (κ2) is 12.1. The summed E-state index contributed by atoms with van der Waals surface area (Å²) in [5, 5.41) is 15.7. The number of primary amides is 1. The van der Waals surface area contributed by atoms with Crippen molar-refractivity contribution in [1.29, 1.82) is 0 Å². The molecule has 3 aromatic rings. The first kappa shape index (κ1) is 34.7. The van der Waals surface area contributed by atoms with Crippen LogP contribution in [0.4, 0.5) is 19.8 Å². The molecule has 1 aromatic carbocycles. The predicted octanol–water partition coefficient (Wildman–Crippen LogP) is 4.90. The van der Waals surface area contributed by atoms with Gasteiger partial charge in [0.25, 0.3) is 5.91 Å². The van der Waals surface area contributed by atoms with Gasteiger partial charge in [0.1, 0.15) is 22.6 Å². The Kier molecular flexibility index (Phi) is 8.75. The zero-order chi connectivity index (χ0) is 35.5. The van der Waals surface area contributed by atoms with Crippen LogP contribution in [0, 0.1) is 17.7 Å². The SMILES string of the molecule is CN(C(=O)OC(C)(C)C)c1c(C(N)=O)c(C#Cc2cc3ncn(C4CC4)c3cc2F)nn1[C@H]1C[C@H](C(C)(C)O)N(C(=O)OC(C)(C)C)C1. The molecule has 258 valence electrons. The van der Waals surface area contributed by atoms with Crippen LogP contribution in [-0.4, -0.2) is 83.9 Å². The molecule has 13 nitrogen and oxygen atoms in total. The number of imidazole rings is 1. The molecule has 48 heavy (non-hydrogen) atoms. The van der Waals surface area contributed by atoms with Crippen LogP contribution in [-0.2, 0) is 9.47 Å². The van der Waals surface area contributed by atoms with Gasteiger partial charge < -0.3 is 29.8 Å². The van der Waals surface area contributed by atoms with Gasteiger partial charge in [-0.1, -0.05) is 5.92 Å². The highest BCUT2D eigenvalue weighted by Crippen LogP contribution is 2.39. The largest absolute Gasteiger partial charge is 0.444 e. The molecule has 3 N–H and O–H groups in total. The number of likely N-dealkylation sites (tertiary alicyclic amines) is 1. The topological polar surface area (TPSA) is 158 Å². The molecule has 1 aliphatic heterocycles. The minimum absolute atomic E-state index is 0.0143. The van der Waals surface area contributed by atoms with E-state index in [1.165, 1.54) is 28.8 Å². The Bertz CT molecular complexity index is 1830. The van der Waals surface area contributed by atoms with Crippen LogP contribution in [0.25, 0.3) is 11.0 Å². The van der Waals surface area contributed by atoms with Crippen LogP contribution in [0.3, 0.4) is 0 Å². The Labute approximate surface area is 279 Å². The summed E-state index contributed by atoms with van der Waals surface area (Å²) in [5.41, 5.74) is 3.85. The molecule has 2 fully saturated rings. The number of halogens is 1. The standard InChI is InChI=1S/C34H44FN7O6/c1-32(2,3)47-30(44)39(9)29-27(28(36)43)23(13-10-19-14-24-25(16-22(19)35)41(18-37-24)20-11-12-20)38-42(29)21-15-26(34(7,8)46)40(17-21)31(45)48-33(4,5)6/h14,16,18,20-21,26,46H,11-12,15,17H2,1-9H3,(H2,36,43)/t21-,26+/m0/s1. The van der Waals surface area contributed by atoms with Crippen molar-refractivity contribution in [3.8, 4) is 11.8 Å². The number of hydrogen-bond acceptors (Lipinski definition) is 8. The Balaban J connectivity index is 1.62. The zero-order valence-corrected chi connectivity index (χ0v) is 28.9. The number of amides is 3. The minimum atomic E-state index is -1.35. The van der Waals surface area contributed by atoms with Gasteiger partial charge in [-0.05, 0) is 86.6 Å². The van der Waals surface area contributed by atoms with E-state index in [4.69, 9.17) is 15.2 Å². The first-order valence-corrected chi connectivity index (χ1v) is 15.9. The molecule has 2 aromatic heterocycles. The fourth-order valence-corrected chi connectivity index (χ4v) is 5.83. The van der Waals surface area contributed by atoms with Gasteiger partial charge >= 0.3 is 12.2 Å². The molecule has 5 rings (SSSR count). The first-order valence-electron chi connectivity index (χ1n) is 15.9. The normalized spacial score (nSPS) is 18.4. The predicted molar refractivity (Wildman–Crippen MR) is 176 cm³/mol. The summed E-state index contributed by atoms with van der Waals surface area (Å²) >= 11 is 0. The van der Waals surface area contributed by atoms with Gasteiger partial charge in [-0.3, -0.25) is 9.69 Å². The van der Waals surface area contributed by atoms with E-state index >= 15 is 4.39 Å². The van der Waals surface area contributed by atoms with Crippen molar-refractivity contribution in [3.63, 3.8) is 0 Å². The number of nitrogens with two attached hydrogens (primary N) is 1. The van der Waals surface area contributed by atoms with Crippen LogP contribution in [0.5, 0.6) is 0 Å². The average Bonchev–Trinajstić information content (AvgIpc) is 3.36. The van der Waals surface area contributed by atoms with Gasteiger partial charge in [-0.2, -0.15) is 5.10 Å². The van der Waals surface area contributed by atoms with Crippen LogP contribution >= 0.6 is 0 Å². The second-order valence-corrected chi connectivity index (χ2v) is 15.0. The van der Waals surface area contributed by atoms with Gasteiger partial charge in [0, 0.05) is 25.7 Å². The van der Waals surface area contributed by atoms with Gasteiger partial charge in [-0.15, -0.1) is 0 Å². The minimum Gasteiger partial charge on any atom is -0.444 e. The van der Waals surface area contributed by atoms with Crippen molar-refractivity contribution in [3.05, 3.63) is 41.1 Å².